The zero-order chi connectivity index (χ0) is 26.4. The van der Waals surface area contributed by atoms with E-state index in [4.69, 9.17) is 16.3 Å². The summed E-state index contributed by atoms with van der Waals surface area (Å²) in [5.74, 6) is 0.179. The number of phenols is 1. The molecule has 38 heavy (non-hydrogen) atoms. The molecular formula is C28H24ClN3O5S. The average Bonchev–Trinajstić information content (AvgIpc) is 3.58. The van der Waals surface area contributed by atoms with Gasteiger partial charge in [0.1, 0.15) is 29.5 Å². The lowest BCUT2D eigenvalue weighted by molar-refractivity contribution is 0.0677. The summed E-state index contributed by atoms with van der Waals surface area (Å²) in [5.41, 5.74) is 3.36. The summed E-state index contributed by atoms with van der Waals surface area (Å²) in [6, 6.07) is 20.7. The molecule has 1 saturated heterocycles. The molecule has 3 aromatic carbocycles. The Morgan fingerprint density at radius 1 is 1.08 bits per heavy atom. The van der Waals surface area contributed by atoms with Crippen molar-refractivity contribution in [3.63, 3.8) is 0 Å². The number of hydrogen-bond acceptors (Lipinski definition) is 6. The van der Waals surface area contributed by atoms with Crippen LogP contribution in [0, 0.1) is 0 Å². The number of phenolic OH excluding ortho intramolecular Hbond substituents is 1. The van der Waals surface area contributed by atoms with Crippen LogP contribution in [0.1, 0.15) is 39.6 Å². The van der Waals surface area contributed by atoms with E-state index < -0.39 is 21.9 Å². The fourth-order valence-electron chi connectivity index (χ4n) is 5.28. The number of halogens is 1. The summed E-state index contributed by atoms with van der Waals surface area (Å²) in [5, 5.41) is 18.3. The molecule has 3 heterocycles. The third-order valence-corrected chi connectivity index (χ3v) is 9.03. The largest absolute Gasteiger partial charge is 0.507 e. The van der Waals surface area contributed by atoms with Crippen LogP contribution >= 0.6 is 11.6 Å². The number of aromatic hydroxyl groups is 1. The van der Waals surface area contributed by atoms with Crippen molar-refractivity contribution in [2.75, 3.05) is 11.5 Å². The first-order valence-electron chi connectivity index (χ1n) is 12.2. The van der Waals surface area contributed by atoms with Crippen molar-refractivity contribution in [3.05, 3.63) is 100 Å². The number of ether oxygens (including phenoxy) is 1. The zero-order valence-electron chi connectivity index (χ0n) is 20.2. The maximum Gasteiger partial charge on any atom is 0.273 e. The van der Waals surface area contributed by atoms with Gasteiger partial charge in [0.15, 0.2) is 9.84 Å². The second-order valence-electron chi connectivity index (χ2n) is 9.54. The molecule has 0 bridgehead atoms. The predicted molar refractivity (Wildman–Crippen MR) is 143 cm³/mol. The van der Waals surface area contributed by atoms with E-state index in [1.165, 1.54) is 6.07 Å². The number of fused-ring (bicyclic) bond motifs is 1. The standard InChI is InChI=1S/C28H24ClN3O5S/c29-19-9-10-23(33)22(14-19)25-24-26(31-30-25)28(34)32(20-11-12-38(35,36)16-20)27(24)18-7-4-8-21(13-18)37-15-17-5-2-1-3-6-17/h1-10,13-14,20,27,33H,11-12,15-16H2,(H,30,31). The van der Waals surface area contributed by atoms with Crippen LogP contribution in [-0.2, 0) is 16.4 Å². The molecule has 0 radical (unpaired) electrons. The van der Waals surface area contributed by atoms with Crippen molar-refractivity contribution in [1.82, 2.24) is 15.1 Å². The molecule has 6 rings (SSSR count). The molecule has 2 N–H and O–H groups in total. The molecule has 8 nitrogen and oxygen atoms in total. The molecule has 0 aliphatic carbocycles. The first-order valence-corrected chi connectivity index (χ1v) is 14.4. The Morgan fingerprint density at radius 2 is 1.89 bits per heavy atom. The van der Waals surface area contributed by atoms with Gasteiger partial charge in [-0.25, -0.2) is 8.42 Å². The Bertz CT molecular complexity index is 1640. The van der Waals surface area contributed by atoms with Crippen molar-refractivity contribution in [2.24, 2.45) is 0 Å². The molecule has 2 unspecified atom stereocenters. The molecule has 0 spiro atoms. The van der Waals surface area contributed by atoms with Gasteiger partial charge in [-0.1, -0.05) is 54.1 Å². The number of H-pyrrole nitrogens is 1. The fourth-order valence-corrected chi connectivity index (χ4v) is 7.17. The van der Waals surface area contributed by atoms with Gasteiger partial charge in [0.05, 0.1) is 17.5 Å². The van der Waals surface area contributed by atoms with Gasteiger partial charge in [0.25, 0.3) is 5.91 Å². The highest BCUT2D eigenvalue weighted by molar-refractivity contribution is 7.91. The van der Waals surface area contributed by atoms with Crippen molar-refractivity contribution < 1.29 is 23.1 Å². The van der Waals surface area contributed by atoms with Crippen LogP contribution in [0.4, 0.5) is 0 Å². The van der Waals surface area contributed by atoms with Crippen molar-refractivity contribution in [2.45, 2.75) is 25.1 Å². The summed E-state index contributed by atoms with van der Waals surface area (Å²) in [6.07, 6.45) is 0.351. The molecule has 2 aliphatic heterocycles. The third-order valence-electron chi connectivity index (χ3n) is 7.04. The molecule has 0 saturated carbocycles. The van der Waals surface area contributed by atoms with E-state index in [0.29, 0.717) is 40.6 Å². The second-order valence-corrected chi connectivity index (χ2v) is 12.2. The zero-order valence-corrected chi connectivity index (χ0v) is 21.7. The van der Waals surface area contributed by atoms with Gasteiger partial charge >= 0.3 is 0 Å². The molecule has 1 amide bonds. The monoisotopic (exact) mass is 549 g/mol. The summed E-state index contributed by atoms with van der Waals surface area (Å²) in [7, 11) is -3.26. The van der Waals surface area contributed by atoms with E-state index in [9.17, 15) is 18.3 Å². The number of nitrogens with zero attached hydrogens (tertiary/aromatic N) is 2. The fraction of sp³-hybridized carbons (Fsp3) is 0.214. The summed E-state index contributed by atoms with van der Waals surface area (Å²) < 4.78 is 30.8. The average molecular weight is 550 g/mol. The lowest BCUT2D eigenvalue weighted by Gasteiger charge is -2.31. The Hall–Kier alpha value is -3.82. The number of sulfone groups is 1. The number of aromatic amines is 1. The van der Waals surface area contributed by atoms with Gasteiger partial charge in [-0.3, -0.25) is 9.89 Å². The number of carbonyl (C=O) groups is 1. The maximum atomic E-state index is 13.7. The maximum absolute atomic E-state index is 13.7. The van der Waals surface area contributed by atoms with Gasteiger partial charge < -0.3 is 14.7 Å². The summed E-state index contributed by atoms with van der Waals surface area (Å²) in [4.78, 5) is 15.3. The second kappa shape index (κ2) is 9.49. The van der Waals surface area contributed by atoms with Crippen LogP contribution < -0.4 is 4.74 Å². The van der Waals surface area contributed by atoms with Gasteiger partial charge in [0.2, 0.25) is 0 Å². The molecule has 1 aromatic heterocycles. The van der Waals surface area contributed by atoms with Crippen LogP contribution in [-0.4, -0.2) is 52.1 Å². The molecule has 4 aromatic rings. The summed E-state index contributed by atoms with van der Waals surface area (Å²) >= 11 is 6.23. The third kappa shape index (κ3) is 4.41. The molecule has 1 fully saturated rings. The Kier molecular flexibility index (Phi) is 6.12. The number of carbonyl (C=O) groups excluding carboxylic acids is 1. The van der Waals surface area contributed by atoms with Crippen LogP contribution in [0.15, 0.2) is 72.8 Å². The van der Waals surface area contributed by atoms with Gasteiger partial charge in [0, 0.05) is 22.2 Å². The Balaban J connectivity index is 1.44. The predicted octanol–water partition coefficient (Wildman–Crippen LogP) is 4.75. The lowest BCUT2D eigenvalue weighted by Crippen LogP contribution is -2.40. The Morgan fingerprint density at radius 3 is 2.66 bits per heavy atom. The van der Waals surface area contributed by atoms with E-state index in [0.717, 1.165) is 11.1 Å². The smallest absolute Gasteiger partial charge is 0.273 e. The van der Waals surface area contributed by atoms with E-state index in [1.807, 2.05) is 54.6 Å². The van der Waals surface area contributed by atoms with Crippen LogP contribution in [0.5, 0.6) is 11.5 Å². The van der Waals surface area contributed by atoms with Gasteiger partial charge in [-0.05, 0) is 47.9 Å². The minimum atomic E-state index is -3.26. The highest BCUT2D eigenvalue weighted by atomic mass is 35.5. The quantitative estimate of drug-likeness (QED) is 0.359. The van der Waals surface area contributed by atoms with E-state index in [2.05, 4.69) is 10.2 Å². The Labute approximate surface area is 224 Å². The SMILES string of the molecule is O=C1c2[nH]nc(-c3cc(Cl)ccc3O)c2C(c2cccc(OCc3ccccc3)c2)N1C1CCS(=O)(=O)C1. The number of nitrogens with one attached hydrogen (secondary N) is 1. The minimum Gasteiger partial charge on any atom is -0.507 e. The highest BCUT2D eigenvalue weighted by Gasteiger charge is 2.48. The molecule has 2 aliphatic rings. The van der Waals surface area contributed by atoms with Gasteiger partial charge in [-0.2, -0.15) is 5.10 Å². The van der Waals surface area contributed by atoms with Crippen molar-refractivity contribution >= 4 is 27.3 Å². The van der Waals surface area contributed by atoms with Crippen LogP contribution in [0.25, 0.3) is 11.3 Å². The number of amides is 1. The minimum absolute atomic E-state index is 0.0303. The topological polar surface area (TPSA) is 113 Å². The molecule has 2 atom stereocenters. The number of hydrogen-bond donors (Lipinski definition) is 2. The lowest BCUT2D eigenvalue weighted by atomic mass is 9.95. The molecule has 10 heteroatoms. The number of aromatic nitrogens is 2. The van der Waals surface area contributed by atoms with Crippen molar-refractivity contribution in [1.29, 1.82) is 0 Å². The van der Waals surface area contributed by atoms with Gasteiger partial charge in [-0.15, -0.1) is 0 Å². The number of benzene rings is 3. The normalized spacial score (nSPS) is 20.0. The first-order chi connectivity index (χ1) is 18.3. The first kappa shape index (κ1) is 24.5. The highest BCUT2D eigenvalue weighted by Crippen LogP contribution is 2.47. The van der Waals surface area contributed by atoms with E-state index in [1.54, 1.807) is 17.0 Å². The molecular weight excluding hydrogens is 526 g/mol. The van der Waals surface area contributed by atoms with Crippen molar-refractivity contribution in [3.8, 4) is 22.8 Å². The van der Waals surface area contributed by atoms with E-state index in [-0.39, 0.29) is 28.9 Å². The van der Waals surface area contributed by atoms with Crippen LogP contribution in [0.3, 0.4) is 0 Å². The van der Waals surface area contributed by atoms with E-state index >= 15 is 0 Å². The number of rotatable bonds is 6. The molecule has 194 valence electrons. The summed E-state index contributed by atoms with van der Waals surface area (Å²) in [6.45, 7) is 0.372. The van der Waals surface area contributed by atoms with Crippen LogP contribution in [0.2, 0.25) is 5.02 Å².